The van der Waals surface area contributed by atoms with Gasteiger partial charge >= 0.3 is 0 Å². The summed E-state index contributed by atoms with van der Waals surface area (Å²) in [5.41, 5.74) is 3.32. The summed E-state index contributed by atoms with van der Waals surface area (Å²) >= 11 is 0. The highest BCUT2D eigenvalue weighted by Gasteiger charge is 2.17. The molecule has 3 heterocycles. The minimum Gasteiger partial charge on any atom is -0.480 e. The van der Waals surface area contributed by atoms with E-state index in [-0.39, 0.29) is 0 Å². The molecule has 24 heavy (non-hydrogen) atoms. The van der Waals surface area contributed by atoms with Gasteiger partial charge in [-0.2, -0.15) is 4.98 Å². The van der Waals surface area contributed by atoms with Crippen LogP contribution < -0.4 is 4.74 Å². The number of pyridine rings is 2. The summed E-state index contributed by atoms with van der Waals surface area (Å²) in [5, 5.41) is 5.05. The molecule has 3 aromatic heterocycles. The van der Waals surface area contributed by atoms with Gasteiger partial charge in [-0.15, -0.1) is 0 Å². The van der Waals surface area contributed by atoms with Gasteiger partial charge in [-0.25, -0.2) is 4.98 Å². The fraction of sp³-hybridized carbons (Fsp3) is 0.111. The second kappa shape index (κ2) is 5.73. The summed E-state index contributed by atoms with van der Waals surface area (Å²) in [6.45, 7) is 2.04. The molecule has 0 unspecified atom stereocenters. The van der Waals surface area contributed by atoms with E-state index in [4.69, 9.17) is 9.26 Å². The number of aryl methyl sites for hydroxylation is 1. The molecule has 0 radical (unpaired) electrons. The van der Waals surface area contributed by atoms with Crippen LogP contribution in [-0.2, 0) is 0 Å². The van der Waals surface area contributed by atoms with Crippen LogP contribution in [0.4, 0.5) is 0 Å². The molecule has 0 bridgehead atoms. The number of benzene rings is 1. The molecule has 1 aromatic carbocycles. The van der Waals surface area contributed by atoms with E-state index in [9.17, 15) is 0 Å². The van der Waals surface area contributed by atoms with Gasteiger partial charge in [-0.05, 0) is 37.3 Å². The van der Waals surface area contributed by atoms with Gasteiger partial charge in [0, 0.05) is 11.6 Å². The Bertz CT molecular complexity index is 1010. The maximum absolute atomic E-state index is 5.40. The van der Waals surface area contributed by atoms with E-state index in [0.717, 1.165) is 16.5 Å². The molecule has 0 aliphatic carbocycles. The lowest BCUT2D eigenvalue weighted by atomic mass is 10.1. The fourth-order valence-electron chi connectivity index (χ4n) is 2.52. The van der Waals surface area contributed by atoms with E-state index in [1.807, 2.05) is 43.3 Å². The first-order valence-electron chi connectivity index (χ1n) is 7.45. The van der Waals surface area contributed by atoms with Crippen molar-refractivity contribution in [1.82, 2.24) is 20.1 Å². The van der Waals surface area contributed by atoms with Gasteiger partial charge in [0.05, 0.1) is 18.2 Å². The molecular weight excluding hydrogens is 304 g/mol. The predicted molar refractivity (Wildman–Crippen MR) is 89.6 cm³/mol. The Kier molecular flexibility index (Phi) is 3.42. The summed E-state index contributed by atoms with van der Waals surface area (Å²) in [7, 11) is 1.58. The smallest absolute Gasteiger partial charge is 0.276 e. The van der Waals surface area contributed by atoms with Gasteiger partial charge in [0.2, 0.25) is 11.7 Å². The van der Waals surface area contributed by atoms with Crippen LogP contribution in [0.15, 0.2) is 53.2 Å². The van der Waals surface area contributed by atoms with E-state index >= 15 is 0 Å². The molecular formula is C18H14N4O2. The lowest BCUT2D eigenvalue weighted by Gasteiger charge is -2.07. The highest BCUT2D eigenvalue weighted by atomic mass is 16.5. The maximum Gasteiger partial charge on any atom is 0.276 e. The zero-order chi connectivity index (χ0) is 16.5. The van der Waals surface area contributed by atoms with Crippen molar-refractivity contribution in [2.24, 2.45) is 0 Å². The minimum absolute atomic E-state index is 0.358. The molecule has 0 aliphatic heterocycles. The normalized spacial score (nSPS) is 10.9. The summed E-state index contributed by atoms with van der Waals surface area (Å²) in [6.07, 6.45) is 1.68. The first kappa shape index (κ1) is 14.3. The van der Waals surface area contributed by atoms with E-state index < -0.39 is 0 Å². The summed E-state index contributed by atoms with van der Waals surface area (Å²) in [6, 6.07) is 13.5. The highest BCUT2D eigenvalue weighted by Crippen LogP contribution is 2.31. The molecule has 0 atom stereocenters. The first-order valence-corrected chi connectivity index (χ1v) is 7.45. The topological polar surface area (TPSA) is 73.9 Å². The average Bonchev–Trinajstić information content (AvgIpc) is 3.11. The van der Waals surface area contributed by atoms with Crippen molar-refractivity contribution >= 4 is 10.9 Å². The van der Waals surface area contributed by atoms with Gasteiger partial charge in [0.1, 0.15) is 5.69 Å². The second-order valence-corrected chi connectivity index (χ2v) is 5.38. The molecule has 0 saturated heterocycles. The Balaban J connectivity index is 1.85. The summed E-state index contributed by atoms with van der Waals surface area (Å²) < 4.78 is 10.7. The standard InChI is InChI=1S/C18H14N4O2/c1-11-6-7-14-12(9-11)10-13(17(20-14)23-2)16-21-18(24-22-16)15-5-3-4-8-19-15/h3-10H,1-2H3. The molecule has 0 fully saturated rings. The molecule has 118 valence electrons. The molecule has 6 heteroatoms. The number of rotatable bonds is 3. The zero-order valence-electron chi connectivity index (χ0n) is 13.2. The van der Waals surface area contributed by atoms with Crippen molar-refractivity contribution in [3.8, 4) is 28.9 Å². The van der Waals surface area contributed by atoms with E-state index in [2.05, 4.69) is 26.2 Å². The number of hydrogen-bond donors (Lipinski definition) is 0. The molecule has 0 spiro atoms. The lowest BCUT2D eigenvalue weighted by molar-refractivity contribution is 0.399. The molecule has 0 N–H and O–H groups in total. The average molecular weight is 318 g/mol. The first-order chi connectivity index (χ1) is 11.7. The van der Waals surface area contributed by atoms with Crippen molar-refractivity contribution in [2.45, 2.75) is 6.92 Å². The summed E-state index contributed by atoms with van der Waals surface area (Å²) in [5.74, 6) is 1.24. The van der Waals surface area contributed by atoms with Crippen LogP contribution in [0.3, 0.4) is 0 Å². The fourth-order valence-corrected chi connectivity index (χ4v) is 2.52. The maximum atomic E-state index is 5.40. The number of ether oxygens (including phenoxy) is 1. The Morgan fingerprint density at radius 2 is 1.96 bits per heavy atom. The number of aromatic nitrogens is 4. The number of methoxy groups -OCH3 is 1. The number of fused-ring (bicyclic) bond motifs is 1. The SMILES string of the molecule is COc1nc2ccc(C)cc2cc1-c1noc(-c2ccccn2)n1. The van der Waals surface area contributed by atoms with Gasteiger partial charge in [0.25, 0.3) is 5.89 Å². The van der Waals surface area contributed by atoms with Crippen molar-refractivity contribution in [2.75, 3.05) is 7.11 Å². The van der Waals surface area contributed by atoms with Crippen molar-refractivity contribution < 1.29 is 9.26 Å². The van der Waals surface area contributed by atoms with Crippen LogP contribution in [0.5, 0.6) is 5.88 Å². The minimum atomic E-state index is 0.358. The predicted octanol–water partition coefficient (Wildman–Crippen LogP) is 3.66. The molecule has 0 amide bonds. The Morgan fingerprint density at radius 1 is 1.04 bits per heavy atom. The number of nitrogens with zero attached hydrogens (tertiary/aromatic N) is 4. The zero-order valence-corrected chi connectivity index (χ0v) is 13.2. The third-order valence-electron chi connectivity index (χ3n) is 3.68. The van der Waals surface area contributed by atoms with Crippen LogP contribution in [0.25, 0.3) is 33.9 Å². The number of hydrogen-bond acceptors (Lipinski definition) is 6. The van der Waals surface area contributed by atoms with Crippen molar-refractivity contribution in [3.05, 3.63) is 54.2 Å². The van der Waals surface area contributed by atoms with Crippen LogP contribution in [0, 0.1) is 6.92 Å². The van der Waals surface area contributed by atoms with E-state index in [1.165, 1.54) is 0 Å². The van der Waals surface area contributed by atoms with Gasteiger partial charge in [-0.3, -0.25) is 4.98 Å². The second-order valence-electron chi connectivity index (χ2n) is 5.38. The molecule has 4 rings (SSSR count). The molecule has 0 aliphatic rings. The van der Waals surface area contributed by atoms with Gasteiger partial charge in [-0.1, -0.05) is 22.9 Å². The quantitative estimate of drug-likeness (QED) is 0.574. The van der Waals surface area contributed by atoms with Gasteiger partial charge < -0.3 is 9.26 Å². The van der Waals surface area contributed by atoms with Crippen LogP contribution in [0.2, 0.25) is 0 Å². The molecule has 6 nitrogen and oxygen atoms in total. The van der Waals surface area contributed by atoms with Crippen LogP contribution in [0.1, 0.15) is 5.56 Å². The van der Waals surface area contributed by atoms with Crippen LogP contribution >= 0.6 is 0 Å². The van der Waals surface area contributed by atoms with E-state index in [0.29, 0.717) is 28.9 Å². The van der Waals surface area contributed by atoms with Gasteiger partial charge in [0.15, 0.2) is 0 Å². The lowest BCUT2D eigenvalue weighted by Crippen LogP contribution is -1.94. The van der Waals surface area contributed by atoms with Crippen molar-refractivity contribution in [3.63, 3.8) is 0 Å². The highest BCUT2D eigenvalue weighted by molar-refractivity contribution is 5.85. The Morgan fingerprint density at radius 3 is 2.75 bits per heavy atom. The monoisotopic (exact) mass is 318 g/mol. The Labute approximate surface area is 138 Å². The van der Waals surface area contributed by atoms with Crippen LogP contribution in [-0.4, -0.2) is 27.2 Å². The largest absolute Gasteiger partial charge is 0.480 e. The summed E-state index contributed by atoms with van der Waals surface area (Å²) in [4.78, 5) is 13.2. The van der Waals surface area contributed by atoms with Crippen molar-refractivity contribution in [1.29, 1.82) is 0 Å². The molecule has 4 aromatic rings. The third-order valence-corrected chi connectivity index (χ3v) is 3.68. The molecule has 0 saturated carbocycles. The van der Waals surface area contributed by atoms with E-state index in [1.54, 1.807) is 13.3 Å². The Hall–Kier alpha value is -3.28. The third kappa shape index (κ3) is 2.48.